The molecule has 0 amide bonds. The minimum atomic E-state index is -0.240. The van der Waals surface area contributed by atoms with Gasteiger partial charge in [-0.2, -0.15) is 0 Å². The Morgan fingerprint density at radius 2 is 2.19 bits per heavy atom. The van der Waals surface area contributed by atoms with Crippen molar-refractivity contribution in [1.82, 2.24) is 0 Å². The van der Waals surface area contributed by atoms with E-state index >= 15 is 0 Å². The molecule has 2 nitrogen and oxygen atoms in total. The SMILES string of the molecule is CCOC(=O)Cc1cc(CBr)cc(C)c1Cl. The summed E-state index contributed by atoms with van der Waals surface area (Å²) in [6, 6.07) is 3.94. The van der Waals surface area contributed by atoms with Crippen molar-refractivity contribution in [2.75, 3.05) is 6.61 Å². The molecule has 0 aliphatic carbocycles. The molecule has 0 saturated heterocycles. The molecule has 0 aromatic heterocycles. The maximum Gasteiger partial charge on any atom is 0.310 e. The summed E-state index contributed by atoms with van der Waals surface area (Å²) in [4.78, 5) is 11.4. The van der Waals surface area contributed by atoms with Crippen LogP contribution < -0.4 is 0 Å². The van der Waals surface area contributed by atoms with Gasteiger partial charge in [0.1, 0.15) is 0 Å². The lowest BCUT2D eigenvalue weighted by atomic mass is 10.0. The van der Waals surface area contributed by atoms with Gasteiger partial charge in [-0.05, 0) is 30.5 Å². The number of benzene rings is 1. The molecule has 0 bridgehead atoms. The number of hydrogen-bond acceptors (Lipinski definition) is 2. The maximum absolute atomic E-state index is 11.4. The van der Waals surface area contributed by atoms with Gasteiger partial charge in [-0.1, -0.05) is 39.7 Å². The van der Waals surface area contributed by atoms with Gasteiger partial charge in [0.15, 0.2) is 0 Å². The molecular formula is C12H14BrClO2. The molecule has 0 unspecified atom stereocenters. The maximum atomic E-state index is 11.4. The van der Waals surface area contributed by atoms with Gasteiger partial charge < -0.3 is 4.74 Å². The quantitative estimate of drug-likeness (QED) is 0.627. The third kappa shape index (κ3) is 3.49. The predicted molar refractivity (Wildman–Crippen MR) is 69.2 cm³/mol. The van der Waals surface area contributed by atoms with E-state index < -0.39 is 0 Å². The fraction of sp³-hybridized carbons (Fsp3) is 0.417. The van der Waals surface area contributed by atoms with Gasteiger partial charge in [-0.15, -0.1) is 0 Å². The van der Waals surface area contributed by atoms with Crippen LogP contribution in [0.5, 0.6) is 0 Å². The number of hydrogen-bond donors (Lipinski definition) is 0. The lowest BCUT2D eigenvalue weighted by Crippen LogP contribution is -2.08. The summed E-state index contributed by atoms with van der Waals surface area (Å²) < 4.78 is 4.90. The first kappa shape index (κ1) is 13.5. The van der Waals surface area contributed by atoms with Gasteiger partial charge in [0, 0.05) is 10.4 Å². The van der Waals surface area contributed by atoms with Crippen LogP contribution in [0.25, 0.3) is 0 Å². The van der Waals surface area contributed by atoms with Crippen molar-refractivity contribution in [3.8, 4) is 0 Å². The van der Waals surface area contributed by atoms with Gasteiger partial charge in [0.05, 0.1) is 13.0 Å². The fourth-order valence-corrected chi connectivity index (χ4v) is 2.00. The topological polar surface area (TPSA) is 26.3 Å². The van der Waals surface area contributed by atoms with Crippen LogP contribution in [0.2, 0.25) is 5.02 Å². The molecule has 0 spiro atoms. The van der Waals surface area contributed by atoms with E-state index in [0.717, 1.165) is 22.0 Å². The first-order valence-corrected chi connectivity index (χ1v) is 6.58. The van der Waals surface area contributed by atoms with Crippen molar-refractivity contribution in [2.24, 2.45) is 0 Å². The second kappa shape index (κ2) is 6.26. The summed E-state index contributed by atoms with van der Waals surface area (Å²) in [7, 11) is 0. The van der Waals surface area contributed by atoms with E-state index in [4.69, 9.17) is 16.3 Å². The van der Waals surface area contributed by atoms with Crippen LogP contribution in [-0.2, 0) is 21.3 Å². The Morgan fingerprint density at radius 3 is 2.75 bits per heavy atom. The molecule has 0 N–H and O–H groups in total. The smallest absolute Gasteiger partial charge is 0.310 e. The van der Waals surface area contributed by atoms with Gasteiger partial charge in [-0.25, -0.2) is 0 Å². The molecular weight excluding hydrogens is 291 g/mol. The molecule has 16 heavy (non-hydrogen) atoms. The highest BCUT2D eigenvalue weighted by Gasteiger charge is 2.10. The number of ether oxygens (including phenoxy) is 1. The molecule has 0 atom stereocenters. The van der Waals surface area contributed by atoms with Crippen molar-refractivity contribution >= 4 is 33.5 Å². The predicted octanol–water partition coefficient (Wildman–Crippen LogP) is 3.65. The van der Waals surface area contributed by atoms with Gasteiger partial charge in [0.25, 0.3) is 0 Å². The van der Waals surface area contributed by atoms with E-state index in [9.17, 15) is 4.79 Å². The number of carbonyl (C=O) groups is 1. The van der Waals surface area contributed by atoms with Crippen LogP contribution in [-0.4, -0.2) is 12.6 Å². The molecule has 0 fully saturated rings. The average Bonchev–Trinajstić information content (AvgIpc) is 2.24. The van der Waals surface area contributed by atoms with Crippen molar-refractivity contribution in [2.45, 2.75) is 25.6 Å². The minimum Gasteiger partial charge on any atom is -0.466 e. The van der Waals surface area contributed by atoms with Crippen LogP contribution in [0.4, 0.5) is 0 Å². The van der Waals surface area contributed by atoms with Crippen molar-refractivity contribution in [3.05, 3.63) is 33.8 Å². The van der Waals surface area contributed by atoms with Crippen LogP contribution in [0, 0.1) is 6.92 Å². The lowest BCUT2D eigenvalue weighted by molar-refractivity contribution is -0.142. The Bertz CT molecular complexity index is 391. The largest absolute Gasteiger partial charge is 0.466 e. The monoisotopic (exact) mass is 304 g/mol. The van der Waals surface area contributed by atoms with E-state index in [1.54, 1.807) is 6.92 Å². The molecule has 1 aromatic carbocycles. The second-order valence-corrected chi connectivity index (χ2v) is 4.44. The summed E-state index contributed by atoms with van der Waals surface area (Å²) in [6.07, 6.45) is 0.231. The summed E-state index contributed by atoms with van der Waals surface area (Å²) in [5, 5.41) is 1.40. The fourth-order valence-electron chi connectivity index (χ4n) is 1.50. The zero-order valence-corrected chi connectivity index (χ0v) is 11.7. The second-order valence-electron chi connectivity index (χ2n) is 3.50. The number of alkyl halides is 1. The van der Waals surface area contributed by atoms with E-state index in [1.165, 1.54) is 0 Å². The zero-order valence-electron chi connectivity index (χ0n) is 9.35. The zero-order chi connectivity index (χ0) is 12.1. The third-order valence-corrected chi connectivity index (χ3v) is 3.37. The van der Waals surface area contributed by atoms with Gasteiger partial charge >= 0.3 is 5.97 Å². The first-order chi connectivity index (χ1) is 7.58. The molecule has 0 heterocycles. The van der Waals surface area contributed by atoms with Crippen LogP contribution in [0.1, 0.15) is 23.6 Å². The van der Waals surface area contributed by atoms with Gasteiger partial charge in [0.2, 0.25) is 0 Å². The number of carbonyl (C=O) groups excluding carboxylic acids is 1. The molecule has 0 radical (unpaired) electrons. The minimum absolute atomic E-state index is 0.231. The molecule has 4 heteroatoms. The van der Waals surface area contributed by atoms with E-state index in [1.807, 2.05) is 19.1 Å². The van der Waals surface area contributed by atoms with E-state index in [0.29, 0.717) is 11.6 Å². The number of rotatable bonds is 4. The lowest BCUT2D eigenvalue weighted by Gasteiger charge is -2.09. The summed E-state index contributed by atoms with van der Waals surface area (Å²) in [5.74, 6) is -0.240. The molecule has 1 rings (SSSR count). The highest BCUT2D eigenvalue weighted by Crippen LogP contribution is 2.24. The van der Waals surface area contributed by atoms with Crippen molar-refractivity contribution in [1.29, 1.82) is 0 Å². The molecule has 0 aliphatic rings. The van der Waals surface area contributed by atoms with Crippen LogP contribution >= 0.6 is 27.5 Å². The highest BCUT2D eigenvalue weighted by molar-refractivity contribution is 9.08. The Hall–Kier alpha value is -0.540. The Morgan fingerprint density at radius 1 is 1.50 bits per heavy atom. The van der Waals surface area contributed by atoms with Crippen molar-refractivity contribution < 1.29 is 9.53 Å². The van der Waals surface area contributed by atoms with Gasteiger partial charge in [-0.3, -0.25) is 4.79 Å². The number of aryl methyl sites for hydroxylation is 1. The average molecular weight is 306 g/mol. The van der Waals surface area contributed by atoms with E-state index in [2.05, 4.69) is 15.9 Å². The molecule has 88 valence electrons. The Labute approximate surface area is 109 Å². The first-order valence-electron chi connectivity index (χ1n) is 5.08. The number of esters is 1. The number of halogens is 2. The normalized spacial score (nSPS) is 10.2. The van der Waals surface area contributed by atoms with Crippen LogP contribution in [0.15, 0.2) is 12.1 Å². The summed E-state index contributed by atoms with van der Waals surface area (Å²) >= 11 is 9.53. The summed E-state index contributed by atoms with van der Waals surface area (Å²) in [5.41, 5.74) is 2.92. The van der Waals surface area contributed by atoms with Crippen LogP contribution in [0.3, 0.4) is 0 Å². The molecule has 0 saturated carbocycles. The highest BCUT2D eigenvalue weighted by atomic mass is 79.9. The standard InChI is InChI=1S/C12H14BrClO2/c1-3-16-11(15)6-10-5-9(7-13)4-8(2)12(10)14/h4-5H,3,6-7H2,1-2H3. The van der Waals surface area contributed by atoms with Crippen molar-refractivity contribution in [3.63, 3.8) is 0 Å². The summed E-state index contributed by atoms with van der Waals surface area (Å²) in [6.45, 7) is 4.12. The van der Waals surface area contributed by atoms with E-state index in [-0.39, 0.29) is 12.4 Å². The molecule has 1 aromatic rings. The Balaban J connectivity index is 2.94. The Kier molecular flexibility index (Phi) is 5.29. The third-order valence-electron chi connectivity index (χ3n) is 2.18. The molecule has 0 aliphatic heterocycles.